The van der Waals surface area contributed by atoms with Gasteiger partial charge in [0, 0.05) is 19.1 Å². The van der Waals surface area contributed by atoms with Gasteiger partial charge in [-0.1, -0.05) is 19.1 Å². The first-order valence-corrected chi connectivity index (χ1v) is 8.63. The minimum absolute atomic E-state index is 0. The van der Waals surface area contributed by atoms with Crippen LogP contribution in [0.25, 0.3) is 0 Å². The third kappa shape index (κ3) is 5.81. The third-order valence-electron chi connectivity index (χ3n) is 5.12. The lowest BCUT2D eigenvalue weighted by Crippen LogP contribution is -2.54. The second kappa shape index (κ2) is 10.3. The molecule has 142 valence electrons. The average molecular weight is 392 g/mol. The largest absolute Gasteiger partial charge is 0.350 e. The van der Waals surface area contributed by atoms with Gasteiger partial charge in [-0.15, -0.1) is 24.8 Å². The average Bonchev–Trinajstić information content (AvgIpc) is 3.00. The van der Waals surface area contributed by atoms with Gasteiger partial charge in [-0.25, -0.2) is 4.39 Å². The number of piperidine rings is 1. The number of nitrogens with one attached hydrogen (secondary N) is 2. The van der Waals surface area contributed by atoms with Gasteiger partial charge in [-0.3, -0.25) is 9.69 Å². The molecule has 3 rings (SSSR count). The molecular weight excluding hydrogens is 364 g/mol. The van der Waals surface area contributed by atoms with E-state index in [2.05, 4.69) is 22.5 Å². The fourth-order valence-electron chi connectivity index (χ4n) is 3.60. The Bertz CT molecular complexity index is 544. The van der Waals surface area contributed by atoms with Crippen LogP contribution in [-0.4, -0.2) is 42.5 Å². The van der Waals surface area contributed by atoms with Crippen molar-refractivity contribution in [3.63, 3.8) is 0 Å². The highest BCUT2D eigenvalue weighted by Crippen LogP contribution is 2.21. The maximum Gasteiger partial charge on any atom is 0.237 e. The molecule has 4 nitrogen and oxygen atoms in total. The molecule has 2 heterocycles. The Labute approximate surface area is 161 Å². The van der Waals surface area contributed by atoms with Gasteiger partial charge in [0.15, 0.2) is 0 Å². The lowest BCUT2D eigenvalue weighted by atomic mass is 9.94. The molecule has 1 amide bonds. The molecule has 0 aromatic heterocycles. The molecule has 2 N–H and O–H groups in total. The molecule has 2 saturated heterocycles. The van der Waals surface area contributed by atoms with E-state index in [9.17, 15) is 9.18 Å². The van der Waals surface area contributed by atoms with E-state index in [1.807, 2.05) is 0 Å². The summed E-state index contributed by atoms with van der Waals surface area (Å²) in [7, 11) is 0. The highest BCUT2D eigenvalue weighted by Gasteiger charge is 2.33. The predicted molar refractivity (Wildman–Crippen MR) is 103 cm³/mol. The van der Waals surface area contributed by atoms with Crippen molar-refractivity contribution in [3.05, 3.63) is 35.6 Å². The van der Waals surface area contributed by atoms with Gasteiger partial charge in [0.25, 0.3) is 0 Å². The number of benzene rings is 1. The maximum absolute atomic E-state index is 13.0. The van der Waals surface area contributed by atoms with Crippen LogP contribution in [0.5, 0.6) is 0 Å². The number of carbonyl (C=O) groups is 1. The Hall–Kier alpha value is -0.880. The maximum atomic E-state index is 13.0. The van der Waals surface area contributed by atoms with Crippen LogP contribution in [0, 0.1) is 11.7 Å². The zero-order valence-corrected chi connectivity index (χ0v) is 16.2. The number of hydrogen-bond donors (Lipinski definition) is 2. The summed E-state index contributed by atoms with van der Waals surface area (Å²) in [6.07, 6.45) is 3.05. The minimum Gasteiger partial charge on any atom is -0.350 e. The summed E-state index contributed by atoms with van der Waals surface area (Å²) in [5.41, 5.74) is 1.05. The lowest BCUT2D eigenvalue weighted by molar-refractivity contribution is -0.126. The summed E-state index contributed by atoms with van der Waals surface area (Å²) in [5.74, 6) is 0.445. The molecule has 0 bridgehead atoms. The summed E-state index contributed by atoms with van der Waals surface area (Å²) in [5, 5.41) is 6.59. The van der Waals surface area contributed by atoms with Crippen LogP contribution in [0.15, 0.2) is 24.3 Å². The first kappa shape index (κ1) is 22.2. The number of amides is 1. The predicted octanol–water partition coefficient (Wildman–Crippen LogP) is 2.75. The number of likely N-dealkylation sites (tertiary alicyclic amines) is 1. The second-order valence-electron chi connectivity index (χ2n) is 6.84. The molecule has 1 aromatic rings. The van der Waals surface area contributed by atoms with Crippen molar-refractivity contribution in [3.8, 4) is 0 Å². The first-order valence-electron chi connectivity index (χ1n) is 8.63. The van der Waals surface area contributed by atoms with E-state index in [-0.39, 0.29) is 48.6 Å². The summed E-state index contributed by atoms with van der Waals surface area (Å²) in [4.78, 5) is 14.9. The molecular formula is C18H28Cl2FN3O. The van der Waals surface area contributed by atoms with Crippen LogP contribution in [0.2, 0.25) is 0 Å². The Kier molecular flexibility index (Phi) is 9.14. The Morgan fingerprint density at radius 2 is 2.00 bits per heavy atom. The topological polar surface area (TPSA) is 44.4 Å². The van der Waals surface area contributed by atoms with Crippen LogP contribution >= 0.6 is 24.8 Å². The molecule has 0 radical (unpaired) electrons. The highest BCUT2D eigenvalue weighted by atomic mass is 35.5. The van der Waals surface area contributed by atoms with E-state index in [4.69, 9.17) is 0 Å². The van der Waals surface area contributed by atoms with Crippen LogP contribution in [0.4, 0.5) is 4.39 Å². The lowest BCUT2D eigenvalue weighted by Gasteiger charge is -2.32. The van der Waals surface area contributed by atoms with Crippen LogP contribution in [0.3, 0.4) is 0 Å². The molecule has 2 aliphatic heterocycles. The summed E-state index contributed by atoms with van der Waals surface area (Å²) >= 11 is 0. The Morgan fingerprint density at radius 1 is 1.28 bits per heavy atom. The van der Waals surface area contributed by atoms with Crippen molar-refractivity contribution in [1.29, 1.82) is 0 Å². The first-order chi connectivity index (χ1) is 11.1. The number of rotatable bonds is 4. The molecule has 0 aliphatic carbocycles. The molecule has 0 spiro atoms. The molecule has 7 heteroatoms. The van der Waals surface area contributed by atoms with Gasteiger partial charge < -0.3 is 10.6 Å². The molecule has 3 atom stereocenters. The van der Waals surface area contributed by atoms with E-state index >= 15 is 0 Å². The zero-order valence-electron chi connectivity index (χ0n) is 14.5. The molecule has 1 aromatic carbocycles. The van der Waals surface area contributed by atoms with Crippen molar-refractivity contribution >= 4 is 30.7 Å². The van der Waals surface area contributed by atoms with Crippen molar-refractivity contribution in [2.75, 3.05) is 19.6 Å². The summed E-state index contributed by atoms with van der Waals surface area (Å²) in [6.45, 7) is 5.73. The van der Waals surface area contributed by atoms with E-state index < -0.39 is 0 Å². The van der Waals surface area contributed by atoms with E-state index in [1.165, 1.54) is 12.1 Å². The Balaban J connectivity index is 0.00000156. The normalized spacial score (nSPS) is 26.4. The minimum atomic E-state index is -0.219. The third-order valence-corrected chi connectivity index (χ3v) is 5.12. The number of nitrogens with zero attached hydrogens (tertiary/aromatic N) is 1. The molecule has 0 saturated carbocycles. The number of halogens is 3. The quantitative estimate of drug-likeness (QED) is 0.828. The van der Waals surface area contributed by atoms with Gasteiger partial charge in [-0.2, -0.15) is 0 Å². The van der Waals surface area contributed by atoms with Gasteiger partial charge >= 0.3 is 0 Å². The SMILES string of the molecule is CC1CCNCC1NC(=O)C1CCCN1Cc1ccc(F)cc1.Cl.Cl. The summed E-state index contributed by atoms with van der Waals surface area (Å²) in [6, 6.07) is 6.73. The van der Waals surface area contributed by atoms with E-state index in [1.54, 1.807) is 12.1 Å². The van der Waals surface area contributed by atoms with Gasteiger partial charge in [-0.05, 0) is 56.0 Å². The molecule has 3 unspecified atom stereocenters. The zero-order chi connectivity index (χ0) is 16.2. The number of hydrogen-bond acceptors (Lipinski definition) is 3. The monoisotopic (exact) mass is 391 g/mol. The van der Waals surface area contributed by atoms with Crippen LogP contribution in [-0.2, 0) is 11.3 Å². The molecule has 2 fully saturated rings. The smallest absolute Gasteiger partial charge is 0.237 e. The molecule has 2 aliphatic rings. The number of carbonyl (C=O) groups excluding carboxylic acids is 1. The Morgan fingerprint density at radius 3 is 2.68 bits per heavy atom. The fraction of sp³-hybridized carbons (Fsp3) is 0.611. The van der Waals surface area contributed by atoms with Crippen LogP contribution in [0.1, 0.15) is 31.7 Å². The van der Waals surface area contributed by atoms with Gasteiger partial charge in [0.05, 0.1) is 6.04 Å². The summed E-state index contributed by atoms with van der Waals surface area (Å²) < 4.78 is 13.0. The van der Waals surface area contributed by atoms with E-state index in [0.29, 0.717) is 12.5 Å². The van der Waals surface area contributed by atoms with Crippen molar-refractivity contribution < 1.29 is 9.18 Å². The van der Waals surface area contributed by atoms with Crippen molar-refractivity contribution in [2.24, 2.45) is 5.92 Å². The van der Waals surface area contributed by atoms with E-state index in [0.717, 1.165) is 44.5 Å². The second-order valence-corrected chi connectivity index (χ2v) is 6.84. The molecule has 25 heavy (non-hydrogen) atoms. The van der Waals surface area contributed by atoms with Gasteiger partial charge in [0.2, 0.25) is 5.91 Å². The fourth-order valence-corrected chi connectivity index (χ4v) is 3.60. The van der Waals surface area contributed by atoms with Crippen LogP contribution < -0.4 is 10.6 Å². The van der Waals surface area contributed by atoms with Crippen molar-refractivity contribution in [1.82, 2.24) is 15.5 Å². The standard InChI is InChI=1S/C18H26FN3O.2ClH/c1-13-8-9-20-11-16(13)21-18(23)17-3-2-10-22(17)12-14-4-6-15(19)7-5-14;;/h4-7,13,16-17,20H,2-3,8-12H2,1H3,(H,21,23);2*1H. The van der Waals surface area contributed by atoms with Gasteiger partial charge in [0.1, 0.15) is 5.82 Å². The van der Waals surface area contributed by atoms with Crippen molar-refractivity contribution in [2.45, 2.75) is 44.8 Å². The highest BCUT2D eigenvalue weighted by molar-refractivity contribution is 5.85.